The summed E-state index contributed by atoms with van der Waals surface area (Å²) in [5.41, 5.74) is 0. The summed E-state index contributed by atoms with van der Waals surface area (Å²) in [6, 6.07) is 0.0302. The van der Waals surface area contributed by atoms with E-state index in [2.05, 4.69) is 29.0 Å². The lowest BCUT2D eigenvalue weighted by Crippen LogP contribution is -2.52. The molecule has 2 heterocycles. The van der Waals surface area contributed by atoms with Crippen LogP contribution in [-0.4, -0.2) is 61.9 Å². The van der Waals surface area contributed by atoms with Crippen molar-refractivity contribution in [3.8, 4) is 0 Å². The summed E-state index contributed by atoms with van der Waals surface area (Å²) < 4.78 is 5.50. The number of rotatable bonds is 7. The summed E-state index contributed by atoms with van der Waals surface area (Å²) in [6.45, 7) is 9.61. The second-order valence-electron chi connectivity index (χ2n) is 5.84. The fraction of sp³-hybridized carbons (Fsp3) is 0.733. The highest BCUT2D eigenvalue weighted by Gasteiger charge is 2.21. The van der Waals surface area contributed by atoms with Gasteiger partial charge in [0.1, 0.15) is 0 Å². The fourth-order valence-electron chi connectivity index (χ4n) is 2.27. The predicted octanol–water partition coefficient (Wildman–Crippen LogP) is 2.04. The summed E-state index contributed by atoms with van der Waals surface area (Å²) in [7, 11) is 0. The Morgan fingerprint density at radius 3 is 2.82 bits per heavy atom. The molecule has 0 aromatic carbocycles. The van der Waals surface area contributed by atoms with Crippen LogP contribution >= 0.6 is 11.3 Å². The molecule has 0 unspecified atom stereocenters. The van der Waals surface area contributed by atoms with Crippen molar-refractivity contribution < 1.29 is 9.53 Å². The number of nitrogens with zero attached hydrogens (tertiary/aromatic N) is 3. The highest BCUT2D eigenvalue weighted by molar-refractivity contribution is 7.13. The first-order valence-corrected chi connectivity index (χ1v) is 8.79. The van der Waals surface area contributed by atoms with E-state index in [1.807, 2.05) is 16.5 Å². The Balaban J connectivity index is 1.57. The first kappa shape index (κ1) is 17.0. The summed E-state index contributed by atoms with van der Waals surface area (Å²) >= 11 is 1.64. The van der Waals surface area contributed by atoms with Crippen LogP contribution in [0.25, 0.3) is 0 Å². The third kappa shape index (κ3) is 5.46. The molecular formula is C15H26N4O2S. The van der Waals surface area contributed by atoms with E-state index in [0.29, 0.717) is 19.1 Å². The maximum absolute atomic E-state index is 12.1. The first-order valence-electron chi connectivity index (χ1n) is 7.92. The van der Waals surface area contributed by atoms with Gasteiger partial charge in [-0.2, -0.15) is 0 Å². The van der Waals surface area contributed by atoms with Crippen LogP contribution in [0.5, 0.6) is 0 Å². The van der Waals surface area contributed by atoms with E-state index in [-0.39, 0.29) is 6.03 Å². The summed E-state index contributed by atoms with van der Waals surface area (Å²) in [5.74, 6) is 0.559. The number of nitrogens with one attached hydrogen (secondary N) is 1. The van der Waals surface area contributed by atoms with Gasteiger partial charge in [0, 0.05) is 57.5 Å². The molecule has 2 amide bonds. The zero-order valence-electron chi connectivity index (χ0n) is 13.5. The quantitative estimate of drug-likeness (QED) is 0.779. The topological polar surface area (TPSA) is 57.7 Å². The second-order valence-corrected chi connectivity index (χ2v) is 6.72. The molecule has 0 atom stereocenters. The van der Waals surface area contributed by atoms with Crippen molar-refractivity contribution in [1.82, 2.24) is 15.2 Å². The number of carbonyl (C=O) groups is 1. The Hall–Kier alpha value is -1.34. The lowest BCUT2D eigenvalue weighted by molar-refractivity contribution is 0.107. The largest absolute Gasteiger partial charge is 0.381 e. The number of carbonyl (C=O) groups excluding carboxylic acids is 1. The molecule has 1 N–H and O–H groups in total. The Morgan fingerprint density at radius 1 is 1.41 bits per heavy atom. The lowest BCUT2D eigenvalue weighted by atomic mass is 10.2. The van der Waals surface area contributed by atoms with Crippen molar-refractivity contribution in [1.29, 1.82) is 0 Å². The van der Waals surface area contributed by atoms with Gasteiger partial charge in [-0.1, -0.05) is 13.8 Å². The second kappa shape index (κ2) is 8.95. The number of urea groups is 1. The minimum atomic E-state index is 0.0302. The molecule has 22 heavy (non-hydrogen) atoms. The number of hydrogen-bond acceptors (Lipinski definition) is 5. The molecule has 1 aliphatic heterocycles. The molecule has 0 bridgehead atoms. The SMILES string of the molecule is CC(C)COCCCNC(=O)N1CCN(c2nccs2)CC1. The molecule has 0 saturated carbocycles. The molecular weight excluding hydrogens is 300 g/mol. The Bertz CT molecular complexity index is 431. The van der Waals surface area contributed by atoms with E-state index >= 15 is 0 Å². The number of aromatic nitrogens is 1. The number of piperazine rings is 1. The Morgan fingerprint density at radius 2 is 2.18 bits per heavy atom. The average molecular weight is 326 g/mol. The third-order valence-corrected chi connectivity index (χ3v) is 4.28. The molecule has 6 nitrogen and oxygen atoms in total. The van der Waals surface area contributed by atoms with E-state index in [9.17, 15) is 4.79 Å². The van der Waals surface area contributed by atoms with Crippen LogP contribution in [0.3, 0.4) is 0 Å². The molecule has 1 fully saturated rings. The average Bonchev–Trinajstić information content (AvgIpc) is 3.05. The maximum atomic E-state index is 12.1. The van der Waals surface area contributed by atoms with Crippen LogP contribution in [0.1, 0.15) is 20.3 Å². The molecule has 124 valence electrons. The molecule has 0 radical (unpaired) electrons. The van der Waals surface area contributed by atoms with Crippen LogP contribution in [0.15, 0.2) is 11.6 Å². The molecule has 1 aromatic rings. The maximum Gasteiger partial charge on any atom is 0.317 e. The van der Waals surface area contributed by atoms with Crippen LogP contribution in [0.2, 0.25) is 0 Å². The predicted molar refractivity (Wildman–Crippen MR) is 89.6 cm³/mol. The van der Waals surface area contributed by atoms with Crippen LogP contribution in [0.4, 0.5) is 9.93 Å². The van der Waals surface area contributed by atoms with Crippen LogP contribution < -0.4 is 10.2 Å². The van der Waals surface area contributed by atoms with Crippen LogP contribution in [0, 0.1) is 5.92 Å². The van der Waals surface area contributed by atoms with Crippen molar-refractivity contribution in [2.24, 2.45) is 5.92 Å². The van der Waals surface area contributed by atoms with Crippen LogP contribution in [-0.2, 0) is 4.74 Å². The molecule has 0 aliphatic carbocycles. The molecule has 0 spiro atoms. The van der Waals surface area contributed by atoms with Crippen molar-refractivity contribution >= 4 is 22.5 Å². The number of amides is 2. The normalized spacial score (nSPS) is 15.4. The van der Waals surface area contributed by atoms with E-state index in [0.717, 1.165) is 44.3 Å². The summed E-state index contributed by atoms with van der Waals surface area (Å²) in [5, 5.41) is 5.99. The van der Waals surface area contributed by atoms with Crippen molar-refractivity contribution in [2.75, 3.05) is 50.8 Å². The van der Waals surface area contributed by atoms with Crippen molar-refractivity contribution in [3.05, 3.63) is 11.6 Å². The number of thiazole rings is 1. The van der Waals surface area contributed by atoms with Gasteiger partial charge in [-0.15, -0.1) is 11.3 Å². The van der Waals surface area contributed by atoms with Gasteiger partial charge in [0.15, 0.2) is 5.13 Å². The van der Waals surface area contributed by atoms with Gasteiger partial charge >= 0.3 is 6.03 Å². The summed E-state index contributed by atoms with van der Waals surface area (Å²) in [6.07, 6.45) is 2.68. The van der Waals surface area contributed by atoms with Gasteiger partial charge in [0.2, 0.25) is 0 Å². The van der Waals surface area contributed by atoms with Gasteiger partial charge in [-0.3, -0.25) is 0 Å². The fourth-order valence-corrected chi connectivity index (χ4v) is 2.97. The number of hydrogen-bond donors (Lipinski definition) is 1. The molecule has 1 aromatic heterocycles. The van der Waals surface area contributed by atoms with E-state index in [4.69, 9.17) is 4.74 Å². The number of ether oxygens (including phenoxy) is 1. The zero-order valence-corrected chi connectivity index (χ0v) is 14.3. The van der Waals surface area contributed by atoms with E-state index < -0.39 is 0 Å². The van der Waals surface area contributed by atoms with Gasteiger partial charge in [-0.05, 0) is 12.3 Å². The van der Waals surface area contributed by atoms with Gasteiger partial charge in [0.05, 0.1) is 0 Å². The zero-order chi connectivity index (χ0) is 15.8. The summed E-state index contributed by atoms with van der Waals surface area (Å²) in [4.78, 5) is 20.5. The minimum Gasteiger partial charge on any atom is -0.381 e. The lowest BCUT2D eigenvalue weighted by Gasteiger charge is -2.34. The number of anilines is 1. The van der Waals surface area contributed by atoms with Gasteiger partial charge in [-0.25, -0.2) is 9.78 Å². The van der Waals surface area contributed by atoms with E-state index in [1.165, 1.54) is 0 Å². The molecule has 2 rings (SSSR count). The standard InChI is InChI=1S/C15H26N4O2S/c1-13(2)12-21-10-3-4-16-14(20)18-6-8-19(9-7-18)15-17-5-11-22-15/h5,11,13H,3-4,6-10,12H2,1-2H3,(H,16,20). The minimum absolute atomic E-state index is 0.0302. The Labute approximate surface area is 136 Å². The van der Waals surface area contributed by atoms with E-state index in [1.54, 1.807) is 11.3 Å². The smallest absolute Gasteiger partial charge is 0.317 e. The monoisotopic (exact) mass is 326 g/mol. The van der Waals surface area contributed by atoms with Crippen molar-refractivity contribution in [2.45, 2.75) is 20.3 Å². The molecule has 1 aliphatic rings. The van der Waals surface area contributed by atoms with Gasteiger partial charge < -0.3 is 19.9 Å². The molecule has 1 saturated heterocycles. The highest BCUT2D eigenvalue weighted by atomic mass is 32.1. The highest BCUT2D eigenvalue weighted by Crippen LogP contribution is 2.18. The van der Waals surface area contributed by atoms with Gasteiger partial charge in [0.25, 0.3) is 0 Å². The third-order valence-electron chi connectivity index (χ3n) is 3.45. The Kier molecular flexibility index (Phi) is 6.92. The van der Waals surface area contributed by atoms with Crippen molar-refractivity contribution in [3.63, 3.8) is 0 Å². The molecule has 7 heteroatoms. The first-order chi connectivity index (χ1) is 10.7.